The van der Waals surface area contributed by atoms with Crippen LogP contribution in [0.1, 0.15) is 5.56 Å². The largest absolute Gasteiger partial charge is 0.506 e. The number of halogens is 1. The van der Waals surface area contributed by atoms with Crippen molar-refractivity contribution in [3.05, 3.63) is 27.3 Å². The Balaban J connectivity index is 2.80. The number of hydrogen-bond acceptors (Lipinski definition) is 3. The minimum atomic E-state index is -1.29. The lowest BCUT2D eigenvalue weighted by Crippen LogP contribution is -2.01. The van der Waals surface area contributed by atoms with Crippen LogP contribution in [0.5, 0.6) is 5.75 Å². The summed E-state index contributed by atoms with van der Waals surface area (Å²) in [5, 5.41) is 8.33. The first kappa shape index (κ1) is 11.1. The van der Waals surface area contributed by atoms with Crippen molar-refractivity contribution in [2.45, 2.75) is 6.61 Å². The highest BCUT2D eigenvalue weighted by Gasteiger charge is 2.05. The molecule has 14 heavy (non-hydrogen) atoms. The number of methoxy groups -OCH3 is 1. The van der Waals surface area contributed by atoms with Gasteiger partial charge in [-0.15, -0.1) is 0 Å². The van der Waals surface area contributed by atoms with Crippen LogP contribution < -0.4 is 4.74 Å². The van der Waals surface area contributed by atoms with E-state index in [4.69, 9.17) is 9.84 Å². The van der Waals surface area contributed by atoms with Crippen molar-refractivity contribution >= 4 is 28.7 Å². The lowest BCUT2D eigenvalue weighted by molar-refractivity contribution is 0.0847. The highest BCUT2D eigenvalue weighted by molar-refractivity contribution is 14.1. The van der Waals surface area contributed by atoms with E-state index in [9.17, 15) is 4.79 Å². The second-order valence-electron chi connectivity index (χ2n) is 2.51. The fraction of sp³-hybridized carbons (Fsp3) is 0.222. The first-order chi connectivity index (χ1) is 6.63. The van der Waals surface area contributed by atoms with E-state index in [-0.39, 0.29) is 6.61 Å². The highest BCUT2D eigenvalue weighted by atomic mass is 127. The van der Waals surface area contributed by atoms with Gasteiger partial charge in [0.15, 0.2) is 0 Å². The van der Waals surface area contributed by atoms with Crippen molar-refractivity contribution in [1.82, 2.24) is 0 Å². The number of carboxylic acid groups (broad SMARTS) is 1. The van der Waals surface area contributed by atoms with Gasteiger partial charge in [-0.05, 0) is 34.7 Å². The normalized spacial score (nSPS) is 9.57. The third-order valence-electron chi connectivity index (χ3n) is 1.60. The Morgan fingerprint density at radius 2 is 2.29 bits per heavy atom. The zero-order chi connectivity index (χ0) is 10.6. The Kier molecular flexibility index (Phi) is 3.99. The molecule has 0 atom stereocenters. The predicted molar refractivity (Wildman–Crippen MR) is 58.5 cm³/mol. The Hall–Kier alpha value is -0.980. The van der Waals surface area contributed by atoms with Gasteiger partial charge in [0.05, 0.1) is 7.11 Å². The lowest BCUT2D eigenvalue weighted by Gasteiger charge is -2.07. The molecule has 1 N–H and O–H groups in total. The minimum Gasteiger partial charge on any atom is -0.496 e. The van der Waals surface area contributed by atoms with Crippen LogP contribution in [-0.4, -0.2) is 18.4 Å². The first-order valence-electron chi connectivity index (χ1n) is 3.81. The number of carbonyl (C=O) groups is 1. The Labute approximate surface area is 95.0 Å². The van der Waals surface area contributed by atoms with Crippen molar-refractivity contribution in [2.24, 2.45) is 0 Å². The van der Waals surface area contributed by atoms with Crippen LogP contribution >= 0.6 is 22.6 Å². The Bertz CT molecular complexity index is 338. The van der Waals surface area contributed by atoms with Crippen molar-refractivity contribution in [3.8, 4) is 5.75 Å². The zero-order valence-electron chi connectivity index (χ0n) is 7.49. The number of benzene rings is 1. The second-order valence-corrected chi connectivity index (χ2v) is 3.76. The molecular weight excluding hydrogens is 299 g/mol. The molecule has 1 rings (SSSR count). The maximum Gasteiger partial charge on any atom is 0.506 e. The molecule has 0 aliphatic carbocycles. The maximum absolute atomic E-state index is 10.2. The van der Waals surface area contributed by atoms with Crippen LogP contribution in [0, 0.1) is 3.57 Å². The summed E-state index contributed by atoms with van der Waals surface area (Å²) in [6.45, 7) is 0.00935. The molecule has 1 aromatic rings. The smallest absolute Gasteiger partial charge is 0.496 e. The van der Waals surface area contributed by atoms with E-state index in [0.29, 0.717) is 5.75 Å². The maximum atomic E-state index is 10.2. The summed E-state index contributed by atoms with van der Waals surface area (Å²) < 4.78 is 10.6. The van der Waals surface area contributed by atoms with E-state index in [1.807, 2.05) is 12.1 Å². The molecule has 0 amide bonds. The molecular formula is C9H9IO4. The molecule has 0 aliphatic heterocycles. The number of hydrogen-bond donors (Lipinski definition) is 1. The van der Waals surface area contributed by atoms with Crippen molar-refractivity contribution in [3.63, 3.8) is 0 Å². The molecule has 0 fully saturated rings. The van der Waals surface area contributed by atoms with Gasteiger partial charge < -0.3 is 14.6 Å². The summed E-state index contributed by atoms with van der Waals surface area (Å²) in [5.41, 5.74) is 0.718. The molecule has 5 heteroatoms. The molecule has 0 saturated heterocycles. The lowest BCUT2D eigenvalue weighted by atomic mass is 10.2. The molecule has 0 radical (unpaired) electrons. The van der Waals surface area contributed by atoms with Gasteiger partial charge in [-0.3, -0.25) is 0 Å². The molecule has 76 valence electrons. The SMILES string of the molecule is COc1cc(I)ccc1COC(=O)O. The van der Waals surface area contributed by atoms with Crippen LogP contribution in [-0.2, 0) is 11.3 Å². The molecule has 0 aromatic heterocycles. The van der Waals surface area contributed by atoms with Crippen LogP contribution in [0.4, 0.5) is 4.79 Å². The third-order valence-corrected chi connectivity index (χ3v) is 2.27. The predicted octanol–water partition coefficient (Wildman–Crippen LogP) is 2.49. The molecule has 4 nitrogen and oxygen atoms in total. The average molecular weight is 308 g/mol. The van der Waals surface area contributed by atoms with E-state index >= 15 is 0 Å². The molecule has 0 spiro atoms. The molecule has 0 aliphatic rings. The molecule has 0 bridgehead atoms. The van der Waals surface area contributed by atoms with Gasteiger partial charge in [-0.25, -0.2) is 4.79 Å². The number of rotatable bonds is 3. The summed E-state index contributed by atoms with van der Waals surface area (Å²) >= 11 is 2.15. The van der Waals surface area contributed by atoms with E-state index in [0.717, 1.165) is 9.13 Å². The molecule has 0 saturated carbocycles. The van der Waals surface area contributed by atoms with Gasteiger partial charge >= 0.3 is 6.16 Å². The third kappa shape index (κ3) is 3.06. The highest BCUT2D eigenvalue weighted by Crippen LogP contribution is 2.21. The molecule has 0 heterocycles. The fourth-order valence-electron chi connectivity index (χ4n) is 0.977. The number of ether oxygens (including phenoxy) is 2. The monoisotopic (exact) mass is 308 g/mol. The van der Waals surface area contributed by atoms with E-state index in [1.165, 1.54) is 7.11 Å². The van der Waals surface area contributed by atoms with Crippen LogP contribution in [0.15, 0.2) is 18.2 Å². The quantitative estimate of drug-likeness (QED) is 0.688. The van der Waals surface area contributed by atoms with E-state index in [1.54, 1.807) is 6.07 Å². The summed E-state index contributed by atoms with van der Waals surface area (Å²) in [6, 6.07) is 5.47. The zero-order valence-corrected chi connectivity index (χ0v) is 9.65. The van der Waals surface area contributed by atoms with Crippen molar-refractivity contribution in [1.29, 1.82) is 0 Å². The van der Waals surface area contributed by atoms with Crippen molar-refractivity contribution < 1.29 is 19.4 Å². The van der Waals surface area contributed by atoms with Gasteiger partial charge in [0.2, 0.25) is 0 Å². The Morgan fingerprint density at radius 3 is 2.86 bits per heavy atom. The van der Waals surface area contributed by atoms with Crippen LogP contribution in [0.25, 0.3) is 0 Å². The summed E-state index contributed by atoms with van der Waals surface area (Å²) in [4.78, 5) is 10.2. The standard InChI is InChI=1S/C9H9IO4/c1-13-8-4-7(10)3-2-6(8)5-14-9(11)12/h2-4H,5H2,1H3,(H,11,12). The average Bonchev–Trinajstić information content (AvgIpc) is 2.15. The topological polar surface area (TPSA) is 55.8 Å². The first-order valence-corrected chi connectivity index (χ1v) is 4.89. The van der Waals surface area contributed by atoms with E-state index < -0.39 is 6.16 Å². The molecule has 0 unspecified atom stereocenters. The summed E-state index contributed by atoms with van der Waals surface area (Å²) in [7, 11) is 1.54. The Morgan fingerprint density at radius 1 is 1.57 bits per heavy atom. The van der Waals surface area contributed by atoms with Crippen LogP contribution in [0.3, 0.4) is 0 Å². The van der Waals surface area contributed by atoms with Crippen LogP contribution in [0.2, 0.25) is 0 Å². The summed E-state index contributed by atoms with van der Waals surface area (Å²) in [6.07, 6.45) is -1.29. The van der Waals surface area contributed by atoms with Crippen molar-refractivity contribution in [2.75, 3.05) is 7.11 Å². The summed E-state index contributed by atoms with van der Waals surface area (Å²) in [5.74, 6) is 0.637. The minimum absolute atomic E-state index is 0.00935. The van der Waals surface area contributed by atoms with Gasteiger partial charge in [-0.1, -0.05) is 6.07 Å². The van der Waals surface area contributed by atoms with Gasteiger partial charge in [0.25, 0.3) is 0 Å². The van der Waals surface area contributed by atoms with Gasteiger partial charge in [-0.2, -0.15) is 0 Å². The van der Waals surface area contributed by atoms with Gasteiger partial charge in [0.1, 0.15) is 12.4 Å². The van der Waals surface area contributed by atoms with E-state index in [2.05, 4.69) is 27.3 Å². The van der Waals surface area contributed by atoms with Gasteiger partial charge in [0, 0.05) is 9.13 Å². The second kappa shape index (κ2) is 5.04. The molecule has 1 aromatic carbocycles. The fourth-order valence-corrected chi connectivity index (χ4v) is 1.44.